The molecular weight excluding hydrogens is 444 g/mol. The molecule has 4 aromatic rings. The fraction of sp³-hybridized carbons (Fsp3) is 0.103. The fourth-order valence-corrected chi connectivity index (χ4v) is 4.00. The number of anilines is 1. The van der Waals surface area contributed by atoms with E-state index >= 15 is 0 Å². The average molecular weight is 467 g/mol. The minimum absolute atomic E-state index is 0.00797. The van der Waals surface area contributed by atoms with E-state index in [1.807, 2.05) is 61.5 Å². The second-order valence-electron chi connectivity index (χ2n) is 7.75. The molecular formula is C29H23ClN2O2. The van der Waals surface area contributed by atoms with Crippen LogP contribution >= 0.6 is 11.6 Å². The maximum atomic E-state index is 12.7. The van der Waals surface area contributed by atoms with E-state index in [2.05, 4.69) is 23.5 Å². The Bertz CT molecular complexity index is 1410. The van der Waals surface area contributed by atoms with Crippen molar-refractivity contribution >= 4 is 40.0 Å². The summed E-state index contributed by atoms with van der Waals surface area (Å²) in [6.45, 7) is 2.39. The maximum absolute atomic E-state index is 12.7. The SMILES string of the molecule is CCc1ccccc1NC(=O)/C(C#N)=C/c1ccc(OCc2cccc3ccccc23)c(Cl)c1. The van der Waals surface area contributed by atoms with Gasteiger partial charge in [0, 0.05) is 5.69 Å². The Kier molecular flexibility index (Phi) is 7.27. The van der Waals surface area contributed by atoms with Gasteiger partial charge in [-0.15, -0.1) is 0 Å². The van der Waals surface area contributed by atoms with Crippen LogP contribution in [0.1, 0.15) is 23.6 Å². The standard InChI is InChI=1S/C29H23ClN2O2/c1-2-21-8-4-6-13-27(21)32-29(33)24(18-31)16-20-14-15-28(26(30)17-20)34-19-23-11-7-10-22-9-3-5-12-25(22)23/h3-17H,2,19H2,1H3,(H,32,33)/b24-16+. The molecule has 0 aliphatic carbocycles. The molecule has 0 heterocycles. The number of fused-ring (bicyclic) bond motifs is 1. The average Bonchev–Trinajstić information content (AvgIpc) is 2.87. The number of benzene rings is 4. The molecule has 0 fully saturated rings. The molecule has 4 aromatic carbocycles. The van der Waals surface area contributed by atoms with Crippen molar-refractivity contribution in [2.45, 2.75) is 20.0 Å². The molecule has 4 nitrogen and oxygen atoms in total. The van der Waals surface area contributed by atoms with Gasteiger partial charge < -0.3 is 10.1 Å². The van der Waals surface area contributed by atoms with Crippen molar-refractivity contribution in [3.8, 4) is 11.8 Å². The molecule has 0 saturated heterocycles. The number of aryl methyl sites for hydroxylation is 1. The summed E-state index contributed by atoms with van der Waals surface area (Å²) >= 11 is 6.45. The third-order valence-corrected chi connectivity index (χ3v) is 5.84. The lowest BCUT2D eigenvalue weighted by molar-refractivity contribution is -0.112. The van der Waals surface area contributed by atoms with Gasteiger partial charge in [0.2, 0.25) is 0 Å². The lowest BCUT2D eigenvalue weighted by atomic mass is 10.1. The van der Waals surface area contributed by atoms with Gasteiger partial charge in [0.15, 0.2) is 0 Å². The Hall–Kier alpha value is -4.07. The van der Waals surface area contributed by atoms with Gasteiger partial charge in [0.25, 0.3) is 5.91 Å². The number of amides is 1. The number of nitrogens with zero attached hydrogens (tertiary/aromatic N) is 1. The van der Waals surface area contributed by atoms with Crippen molar-refractivity contribution < 1.29 is 9.53 Å². The predicted octanol–water partition coefficient (Wildman–Crippen LogP) is 7.18. The Morgan fingerprint density at radius 2 is 1.74 bits per heavy atom. The van der Waals surface area contributed by atoms with Crippen molar-refractivity contribution in [3.05, 3.63) is 112 Å². The second-order valence-corrected chi connectivity index (χ2v) is 8.16. The summed E-state index contributed by atoms with van der Waals surface area (Å²) in [6, 6.07) is 29.0. The summed E-state index contributed by atoms with van der Waals surface area (Å²) in [4.78, 5) is 12.7. The number of para-hydroxylation sites is 1. The summed E-state index contributed by atoms with van der Waals surface area (Å²) in [5.74, 6) is 0.0717. The number of halogens is 1. The largest absolute Gasteiger partial charge is 0.487 e. The number of nitriles is 1. The third kappa shape index (κ3) is 5.28. The van der Waals surface area contributed by atoms with Crippen LogP contribution in [0.25, 0.3) is 16.8 Å². The number of rotatable bonds is 7. The van der Waals surface area contributed by atoms with Crippen molar-refractivity contribution in [2.75, 3.05) is 5.32 Å². The van der Waals surface area contributed by atoms with E-state index in [0.29, 0.717) is 28.6 Å². The third-order valence-electron chi connectivity index (χ3n) is 5.54. The van der Waals surface area contributed by atoms with Crippen LogP contribution in [0.2, 0.25) is 5.02 Å². The molecule has 0 aliphatic heterocycles. The van der Waals surface area contributed by atoms with Crippen molar-refractivity contribution in [3.63, 3.8) is 0 Å². The molecule has 168 valence electrons. The maximum Gasteiger partial charge on any atom is 0.266 e. The van der Waals surface area contributed by atoms with Crippen molar-refractivity contribution in [2.24, 2.45) is 0 Å². The van der Waals surface area contributed by atoms with Gasteiger partial charge in [-0.1, -0.05) is 85.3 Å². The molecule has 4 rings (SSSR count). The first-order valence-electron chi connectivity index (χ1n) is 11.0. The highest BCUT2D eigenvalue weighted by Crippen LogP contribution is 2.28. The Morgan fingerprint density at radius 3 is 2.53 bits per heavy atom. The predicted molar refractivity (Wildman–Crippen MR) is 138 cm³/mol. The van der Waals surface area contributed by atoms with E-state index in [4.69, 9.17) is 16.3 Å². The van der Waals surface area contributed by atoms with Crippen molar-refractivity contribution in [1.29, 1.82) is 5.26 Å². The van der Waals surface area contributed by atoms with Gasteiger partial charge >= 0.3 is 0 Å². The smallest absolute Gasteiger partial charge is 0.266 e. The number of carbonyl (C=O) groups excluding carboxylic acids is 1. The topological polar surface area (TPSA) is 62.1 Å². The monoisotopic (exact) mass is 466 g/mol. The highest BCUT2D eigenvalue weighted by molar-refractivity contribution is 6.32. The van der Waals surface area contributed by atoms with E-state index in [1.165, 1.54) is 6.08 Å². The van der Waals surface area contributed by atoms with E-state index in [1.54, 1.807) is 18.2 Å². The summed E-state index contributed by atoms with van der Waals surface area (Å²) in [7, 11) is 0. The van der Waals surface area contributed by atoms with Gasteiger partial charge in [-0.2, -0.15) is 5.26 Å². The van der Waals surface area contributed by atoms with E-state index in [-0.39, 0.29) is 5.57 Å². The molecule has 5 heteroatoms. The Morgan fingerprint density at radius 1 is 1.00 bits per heavy atom. The molecule has 1 N–H and O–H groups in total. The molecule has 0 atom stereocenters. The summed E-state index contributed by atoms with van der Waals surface area (Å²) < 4.78 is 5.97. The molecule has 1 amide bonds. The minimum Gasteiger partial charge on any atom is -0.487 e. The van der Waals surface area contributed by atoms with Crippen molar-refractivity contribution in [1.82, 2.24) is 0 Å². The number of ether oxygens (including phenoxy) is 1. The van der Waals surface area contributed by atoms with E-state index in [0.717, 1.165) is 28.3 Å². The van der Waals surface area contributed by atoms with Crippen LogP contribution in [0.15, 0.2) is 90.5 Å². The quantitative estimate of drug-likeness (QED) is 0.232. The van der Waals surface area contributed by atoms with Crippen LogP contribution in [0.4, 0.5) is 5.69 Å². The van der Waals surface area contributed by atoms with Gasteiger partial charge in [0.1, 0.15) is 24.0 Å². The molecule has 0 aliphatic rings. The normalized spacial score (nSPS) is 11.1. The first kappa shape index (κ1) is 23.1. The van der Waals surface area contributed by atoms with E-state index < -0.39 is 5.91 Å². The number of carbonyl (C=O) groups is 1. The Labute approximate surface area is 204 Å². The summed E-state index contributed by atoms with van der Waals surface area (Å²) in [6.07, 6.45) is 2.29. The van der Waals surface area contributed by atoms with Crippen LogP contribution < -0.4 is 10.1 Å². The van der Waals surface area contributed by atoms with Gasteiger partial charge in [-0.05, 0) is 58.2 Å². The van der Waals surface area contributed by atoms with Crippen LogP contribution in [-0.2, 0) is 17.8 Å². The van der Waals surface area contributed by atoms with Gasteiger partial charge in [-0.25, -0.2) is 0 Å². The zero-order valence-corrected chi connectivity index (χ0v) is 19.5. The van der Waals surface area contributed by atoms with Gasteiger partial charge in [0.05, 0.1) is 5.02 Å². The number of nitrogens with one attached hydrogen (secondary N) is 1. The van der Waals surface area contributed by atoms with Crippen LogP contribution in [0.3, 0.4) is 0 Å². The van der Waals surface area contributed by atoms with E-state index in [9.17, 15) is 10.1 Å². The second kappa shape index (κ2) is 10.7. The van der Waals surface area contributed by atoms with Gasteiger partial charge in [-0.3, -0.25) is 4.79 Å². The molecule has 0 bridgehead atoms. The molecule has 0 saturated carbocycles. The molecule has 0 aromatic heterocycles. The highest BCUT2D eigenvalue weighted by atomic mass is 35.5. The fourth-order valence-electron chi connectivity index (χ4n) is 3.75. The minimum atomic E-state index is -0.462. The summed E-state index contributed by atoms with van der Waals surface area (Å²) in [5, 5.41) is 15.1. The number of hydrogen-bond acceptors (Lipinski definition) is 3. The number of hydrogen-bond donors (Lipinski definition) is 1. The lowest BCUT2D eigenvalue weighted by Crippen LogP contribution is -2.14. The lowest BCUT2D eigenvalue weighted by Gasteiger charge is -2.11. The first-order valence-corrected chi connectivity index (χ1v) is 11.4. The zero-order chi connectivity index (χ0) is 23.9. The van der Waals surface area contributed by atoms with Crippen LogP contribution in [0.5, 0.6) is 5.75 Å². The zero-order valence-electron chi connectivity index (χ0n) is 18.7. The van der Waals surface area contributed by atoms with Crippen LogP contribution in [0, 0.1) is 11.3 Å². The Balaban J connectivity index is 1.49. The first-order chi connectivity index (χ1) is 16.6. The van der Waals surface area contributed by atoms with Crippen LogP contribution in [-0.4, -0.2) is 5.91 Å². The molecule has 0 radical (unpaired) electrons. The molecule has 34 heavy (non-hydrogen) atoms. The molecule has 0 unspecified atom stereocenters. The molecule has 0 spiro atoms. The highest BCUT2D eigenvalue weighted by Gasteiger charge is 2.12. The summed E-state index contributed by atoms with van der Waals surface area (Å²) in [5.41, 5.74) is 3.40.